The predicted molar refractivity (Wildman–Crippen MR) is 53.6 cm³/mol. The van der Waals surface area contributed by atoms with Crippen LogP contribution in [0.4, 0.5) is 0 Å². The lowest BCUT2D eigenvalue weighted by Gasteiger charge is -2.19. The minimum Gasteiger partial charge on any atom is -0.459 e. The maximum Gasteiger partial charge on any atom is 0.320 e. The number of unbranched alkanes of at least 4 members (excludes halogenated alkanes) is 1. The third-order valence-electron chi connectivity index (χ3n) is 1.40. The third-order valence-corrected chi connectivity index (χ3v) is 1.40. The van der Waals surface area contributed by atoms with Gasteiger partial charge in [0.15, 0.2) is 0 Å². The Bertz CT molecular complexity index is 149. The fourth-order valence-electron chi connectivity index (χ4n) is 0.870. The highest BCUT2D eigenvalue weighted by Crippen LogP contribution is 2.05. The Morgan fingerprint density at radius 2 is 2.00 bits per heavy atom. The van der Waals surface area contributed by atoms with Crippen LogP contribution in [0.2, 0.25) is 0 Å². The Hall–Kier alpha value is -0.570. The van der Waals surface area contributed by atoms with E-state index in [2.05, 4.69) is 12.2 Å². The molecule has 0 amide bonds. The second-order valence-electron chi connectivity index (χ2n) is 4.12. The number of carbonyl (C=O) groups excluding carboxylic acids is 1. The summed E-state index contributed by atoms with van der Waals surface area (Å²) in [5.41, 5.74) is -0.372. The Labute approximate surface area is 80.8 Å². The van der Waals surface area contributed by atoms with Gasteiger partial charge in [0.2, 0.25) is 0 Å². The van der Waals surface area contributed by atoms with Crippen LogP contribution in [0.1, 0.15) is 40.5 Å². The van der Waals surface area contributed by atoms with Gasteiger partial charge < -0.3 is 10.1 Å². The molecule has 0 fully saturated rings. The second-order valence-corrected chi connectivity index (χ2v) is 4.12. The highest BCUT2D eigenvalue weighted by atomic mass is 16.6. The average Bonchev–Trinajstić information content (AvgIpc) is 1.94. The zero-order valence-corrected chi connectivity index (χ0v) is 9.14. The van der Waals surface area contributed by atoms with Crippen molar-refractivity contribution >= 4 is 5.97 Å². The minimum absolute atomic E-state index is 0.177. The molecule has 0 radical (unpaired) electrons. The summed E-state index contributed by atoms with van der Waals surface area (Å²) in [6.45, 7) is 8.94. The summed E-state index contributed by atoms with van der Waals surface area (Å²) in [6, 6.07) is 0. The van der Waals surface area contributed by atoms with E-state index in [1.807, 2.05) is 20.8 Å². The Morgan fingerprint density at radius 3 is 2.46 bits per heavy atom. The van der Waals surface area contributed by atoms with E-state index in [1.54, 1.807) is 0 Å². The first kappa shape index (κ1) is 12.4. The number of ether oxygens (including phenoxy) is 1. The van der Waals surface area contributed by atoms with E-state index in [0.29, 0.717) is 6.54 Å². The minimum atomic E-state index is -0.372. The van der Waals surface area contributed by atoms with Crippen molar-refractivity contribution in [3.05, 3.63) is 0 Å². The van der Waals surface area contributed by atoms with Gasteiger partial charge in [0, 0.05) is 0 Å². The first-order valence-electron chi connectivity index (χ1n) is 4.88. The molecule has 0 atom stereocenters. The quantitative estimate of drug-likeness (QED) is 0.526. The van der Waals surface area contributed by atoms with E-state index in [1.165, 1.54) is 0 Å². The van der Waals surface area contributed by atoms with Gasteiger partial charge in [-0.25, -0.2) is 0 Å². The van der Waals surface area contributed by atoms with E-state index in [4.69, 9.17) is 4.74 Å². The highest BCUT2D eigenvalue weighted by molar-refractivity contribution is 5.72. The molecular weight excluding hydrogens is 166 g/mol. The molecular formula is C10H21NO2. The Morgan fingerprint density at radius 1 is 1.38 bits per heavy atom. The zero-order valence-electron chi connectivity index (χ0n) is 9.14. The molecule has 0 unspecified atom stereocenters. The molecule has 3 heteroatoms. The molecule has 0 saturated heterocycles. The van der Waals surface area contributed by atoms with E-state index < -0.39 is 0 Å². The molecule has 0 saturated carbocycles. The first-order valence-corrected chi connectivity index (χ1v) is 4.88. The summed E-state index contributed by atoms with van der Waals surface area (Å²) in [4.78, 5) is 11.1. The number of hydrogen-bond acceptors (Lipinski definition) is 3. The van der Waals surface area contributed by atoms with Crippen LogP contribution in [0.15, 0.2) is 0 Å². The second kappa shape index (κ2) is 5.97. The van der Waals surface area contributed by atoms with Crippen LogP contribution in [0.3, 0.4) is 0 Å². The fourth-order valence-corrected chi connectivity index (χ4v) is 0.870. The van der Waals surface area contributed by atoms with Crippen molar-refractivity contribution in [2.24, 2.45) is 0 Å². The lowest BCUT2D eigenvalue weighted by Crippen LogP contribution is -2.31. The van der Waals surface area contributed by atoms with Crippen LogP contribution in [0.5, 0.6) is 0 Å². The molecule has 3 nitrogen and oxygen atoms in total. The highest BCUT2D eigenvalue weighted by Gasteiger charge is 2.15. The van der Waals surface area contributed by atoms with Gasteiger partial charge in [-0.3, -0.25) is 4.79 Å². The van der Waals surface area contributed by atoms with Gasteiger partial charge in [0.05, 0.1) is 6.54 Å². The van der Waals surface area contributed by atoms with Crippen LogP contribution < -0.4 is 5.32 Å². The molecule has 1 N–H and O–H groups in total. The van der Waals surface area contributed by atoms with Crippen molar-refractivity contribution in [1.82, 2.24) is 5.32 Å². The Balaban J connectivity index is 3.41. The molecule has 0 spiro atoms. The van der Waals surface area contributed by atoms with Crippen molar-refractivity contribution in [1.29, 1.82) is 0 Å². The molecule has 0 aromatic carbocycles. The number of rotatable bonds is 5. The first-order chi connectivity index (χ1) is 5.95. The fraction of sp³-hybridized carbons (Fsp3) is 0.900. The summed E-state index contributed by atoms with van der Waals surface area (Å²) in [5.74, 6) is -0.177. The smallest absolute Gasteiger partial charge is 0.320 e. The predicted octanol–water partition coefficient (Wildman–Crippen LogP) is 1.72. The largest absolute Gasteiger partial charge is 0.459 e. The summed E-state index contributed by atoms with van der Waals surface area (Å²) in [5, 5.41) is 3.03. The van der Waals surface area contributed by atoms with Crippen LogP contribution in [-0.4, -0.2) is 24.7 Å². The maximum atomic E-state index is 11.1. The number of nitrogens with one attached hydrogen (secondary N) is 1. The lowest BCUT2D eigenvalue weighted by atomic mass is 10.2. The molecule has 0 aromatic heterocycles. The van der Waals surface area contributed by atoms with Crippen LogP contribution in [0, 0.1) is 0 Å². The SMILES string of the molecule is CCCCNCC(=O)OC(C)(C)C. The van der Waals surface area contributed by atoms with Crippen LogP contribution in [0.25, 0.3) is 0 Å². The summed E-state index contributed by atoms with van der Waals surface area (Å²) < 4.78 is 5.12. The topological polar surface area (TPSA) is 38.3 Å². The van der Waals surface area contributed by atoms with Gasteiger partial charge in [-0.05, 0) is 33.7 Å². The third kappa shape index (κ3) is 9.34. The molecule has 0 aromatic rings. The van der Waals surface area contributed by atoms with Crippen LogP contribution >= 0.6 is 0 Å². The zero-order chi connectivity index (χ0) is 10.3. The van der Waals surface area contributed by atoms with Crippen molar-refractivity contribution < 1.29 is 9.53 Å². The Kier molecular flexibility index (Phi) is 5.71. The molecule has 13 heavy (non-hydrogen) atoms. The standard InChI is InChI=1S/C10H21NO2/c1-5-6-7-11-8-9(12)13-10(2,3)4/h11H,5-8H2,1-4H3. The van der Waals surface area contributed by atoms with Gasteiger partial charge >= 0.3 is 5.97 Å². The van der Waals surface area contributed by atoms with E-state index in [0.717, 1.165) is 19.4 Å². The van der Waals surface area contributed by atoms with Gasteiger partial charge in [-0.1, -0.05) is 13.3 Å². The average molecular weight is 187 g/mol. The van der Waals surface area contributed by atoms with Crippen molar-refractivity contribution in [2.75, 3.05) is 13.1 Å². The van der Waals surface area contributed by atoms with E-state index >= 15 is 0 Å². The molecule has 0 aliphatic rings. The van der Waals surface area contributed by atoms with Crippen LogP contribution in [-0.2, 0) is 9.53 Å². The lowest BCUT2D eigenvalue weighted by molar-refractivity contribution is -0.153. The molecule has 0 aliphatic heterocycles. The van der Waals surface area contributed by atoms with Gasteiger partial charge in [-0.15, -0.1) is 0 Å². The molecule has 0 rings (SSSR count). The molecule has 0 aliphatic carbocycles. The number of carbonyl (C=O) groups is 1. The van der Waals surface area contributed by atoms with E-state index in [-0.39, 0.29) is 11.6 Å². The molecule has 0 heterocycles. The van der Waals surface area contributed by atoms with Gasteiger partial charge in [0.1, 0.15) is 5.60 Å². The summed E-state index contributed by atoms with van der Waals surface area (Å²) in [7, 11) is 0. The van der Waals surface area contributed by atoms with Crippen molar-refractivity contribution in [3.8, 4) is 0 Å². The van der Waals surface area contributed by atoms with Crippen molar-refractivity contribution in [3.63, 3.8) is 0 Å². The van der Waals surface area contributed by atoms with Gasteiger partial charge in [-0.2, -0.15) is 0 Å². The normalized spacial score (nSPS) is 11.4. The summed E-state index contributed by atoms with van der Waals surface area (Å²) >= 11 is 0. The number of esters is 1. The summed E-state index contributed by atoms with van der Waals surface area (Å²) in [6.07, 6.45) is 2.24. The van der Waals surface area contributed by atoms with Crippen molar-refractivity contribution in [2.45, 2.75) is 46.1 Å². The molecule has 0 bridgehead atoms. The monoisotopic (exact) mass is 187 g/mol. The molecule has 78 valence electrons. The van der Waals surface area contributed by atoms with Gasteiger partial charge in [0.25, 0.3) is 0 Å². The van der Waals surface area contributed by atoms with E-state index in [9.17, 15) is 4.79 Å². The maximum absolute atomic E-state index is 11.1. The number of hydrogen-bond donors (Lipinski definition) is 1.